The number of hydrogen-bond donors (Lipinski definition) is 1. The van der Waals surface area contributed by atoms with E-state index in [9.17, 15) is 9.59 Å². The maximum Gasteiger partial charge on any atom is 0.262 e. The molecular formula is C25H31ClN4O3. The Morgan fingerprint density at radius 1 is 1.18 bits per heavy atom. The molecule has 0 saturated carbocycles. The quantitative estimate of drug-likeness (QED) is 0.504. The van der Waals surface area contributed by atoms with E-state index in [1.54, 1.807) is 30.3 Å². The van der Waals surface area contributed by atoms with Gasteiger partial charge in [-0.2, -0.15) is 0 Å². The number of hydrogen-bond acceptors (Lipinski definition) is 5. The van der Waals surface area contributed by atoms with Crippen molar-refractivity contribution >= 4 is 28.4 Å². The molecule has 176 valence electrons. The van der Waals surface area contributed by atoms with Crippen molar-refractivity contribution in [1.82, 2.24) is 19.8 Å². The van der Waals surface area contributed by atoms with Crippen LogP contribution >= 0.6 is 11.6 Å². The van der Waals surface area contributed by atoms with E-state index >= 15 is 0 Å². The minimum atomic E-state index is -0.422. The minimum Gasteiger partial charge on any atom is -0.494 e. The minimum absolute atomic E-state index is 0.158. The summed E-state index contributed by atoms with van der Waals surface area (Å²) in [5.74, 6) is 0.713. The fourth-order valence-corrected chi connectivity index (χ4v) is 3.65. The first kappa shape index (κ1) is 24.7. The highest BCUT2D eigenvalue weighted by Crippen LogP contribution is 2.24. The van der Waals surface area contributed by atoms with Gasteiger partial charge >= 0.3 is 0 Å². The van der Waals surface area contributed by atoms with Crippen molar-refractivity contribution in [2.45, 2.75) is 39.3 Å². The van der Waals surface area contributed by atoms with Crippen LogP contribution in [-0.4, -0.2) is 53.1 Å². The number of carbonyl (C=O) groups is 1. The largest absolute Gasteiger partial charge is 0.494 e. The molecule has 1 heterocycles. The van der Waals surface area contributed by atoms with Gasteiger partial charge in [0.25, 0.3) is 5.56 Å². The Kier molecular flexibility index (Phi) is 7.76. The molecule has 0 bridgehead atoms. The van der Waals surface area contributed by atoms with Crippen LogP contribution in [0.3, 0.4) is 0 Å². The van der Waals surface area contributed by atoms with E-state index in [4.69, 9.17) is 21.3 Å². The Balaban J connectivity index is 2.04. The third-order valence-corrected chi connectivity index (χ3v) is 5.08. The van der Waals surface area contributed by atoms with Crippen LogP contribution in [0.4, 0.5) is 0 Å². The van der Waals surface area contributed by atoms with Crippen LogP contribution in [0.2, 0.25) is 5.02 Å². The molecule has 2 aromatic carbocycles. The molecule has 0 atom stereocenters. The highest BCUT2D eigenvalue weighted by Gasteiger charge is 2.19. The fraction of sp³-hybridized carbons (Fsp3) is 0.400. The third kappa shape index (κ3) is 6.79. The van der Waals surface area contributed by atoms with Crippen molar-refractivity contribution in [2.24, 2.45) is 0 Å². The Morgan fingerprint density at radius 3 is 2.61 bits per heavy atom. The van der Waals surface area contributed by atoms with Crippen molar-refractivity contribution in [3.63, 3.8) is 0 Å². The van der Waals surface area contributed by atoms with Crippen LogP contribution in [0.15, 0.2) is 47.3 Å². The van der Waals surface area contributed by atoms with E-state index in [0.29, 0.717) is 39.7 Å². The van der Waals surface area contributed by atoms with Crippen LogP contribution in [0.25, 0.3) is 22.3 Å². The molecule has 1 amide bonds. The molecule has 0 unspecified atom stereocenters. The van der Waals surface area contributed by atoms with Gasteiger partial charge in [0.2, 0.25) is 5.91 Å². The summed E-state index contributed by atoms with van der Waals surface area (Å²) in [6, 6.07) is 12.4. The highest BCUT2D eigenvalue weighted by molar-refractivity contribution is 6.30. The predicted octanol–water partition coefficient (Wildman–Crippen LogP) is 3.96. The van der Waals surface area contributed by atoms with Crippen molar-refractivity contribution in [1.29, 1.82) is 0 Å². The first-order valence-electron chi connectivity index (χ1n) is 10.9. The first-order valence-corrected chi connectivity index (χ1v) is 11.3. The van der Waals surface area contributed by atoms with Gasteiger partial charge < -0.3 is 15.0 Å². The van der Waals surface area contributed by atoms with E-state index < -0.39 is 5.54 Å². The number of ether oxygens (including phenoxy) is 1. The number of rotatable bonds is 8. The second-order valence-corrected chi connectivity index (χ2v) is 9.76. The Morgan fingerprint density at radius 2 is 1.94 bits per heavy atom. The lowest BCUT2D eigenvalue weighted by Crippen LogP contribution is -2.43. The number of fused-ring (bicyclic) bond motifs is 1. The van der Waals surface area contributed by atoms with Gasteiger partial charge in [0.05, 0.1) is 17.5 Å². The second kappa shape index (κ2) is 10.4. The van der Waals surface area contributed by atoms with Gasteiger partial charge in [0.1, 0.15) is 18.1 Å². The van der Waals surface area contributed by atoms with Gasteiger partial charge in [0, 0.05) is 22.7 Å². The third-order valence-electron chi connectivity index (χ3n) is 4.84. The number of nitrogens with one attached hydrogen (secondary N) is 1. The summed E-state index contributed by atoms with van der Waals surface area (Å²) < 4.78 is 7.23. The van der Waals surface area contributed by atoms with Crippen LogP contribution in [0.1, 0.15) is 27.2 Å². The summed E-state index contributed by atoms with van der Waals surface area (Å²) >= 11 is 6.18. The maximum absolute atomic E-state index is 13.5. The molecule has 3 aromatic rings. The Bertz CT molecular complexity index is 1200. The molecule has 7 nitrogen and oxygen atoms in total. The lowest BCUT2D eigenvalue weighted by molar-refractivity contribution is -0.123. The first-order chi connectivity index (χ1) is 15.5. The number of halogens is 1. The summed E-state index contributed by atoms with van der Waals surface area (Å²) in [7, 11) is 4.02. The topological polar surface area (TPSA) is 76.5 Å². The summed E-state index contributed by atoms with van der Waals surface area (Å²) in [5.41, 5.74) is 0.462. The molecular weight excluding hydrogens is 440 g/mol. The molecule has 1 N–H and O–H groups in total. The number of aromatic nitrogens is 2. The van der Waals surface area contributed by atoms with E-state index in [1.807, 2.05) is 47.0 Å². The fourth-order valence-electron chi connectivity index (χ4n) is 3.46. The average Bonchev–Trinajstić information content (AvgIpc) is 2.72. The summed E-state index contributed by atoms with van der Waals surface area (Å²) in [6.45, 7) is 6.97. The van der Waals surface area contributed by atoms with Gasteiger partial charge in [-0.1, -0.05) is 23.7 Å². The lowest BCUT2D eigenvalue weighted by atomic mass is 10.1. The molecule has 33 heavy (non-hydrogen) atoms. The molecule has 0 saturated heterocycles. The number of nitrogens with zero attached hydrogens (tertiary/aromatic N) is 3. The van der Waals surface area contributed by atoms with Crippen LogP contribution in [-0.2, 0) is 11.3 Å². The second-order valence-electron chi connectivity index (χ2n) is 9.32. The zero-order valence-corrected chi connectivity index (χ0v) is 20.6. The molecule has 0 spiro atoms. The molecule has 0 fully saturated rings. The van der Waals surface area contributed by atoms with Crippen LogP contribution in [0.5, 0.6) is 5.75 Å². The SMILES string of the molecule is CN(C)CCCOc1ccc2nc(-c3cccc(Cl)c3)n(CC(=O)NC(C)(C)C)c(=O)c2c1. The van der Waals surface area contributed by atoms with E-state index in [0.717, 1.165) is 13.0 Å². The zero-order valence-electron chi connectivity index (χ0n) is 19.8. The van der Waals surface area contributed by atoms with E-state index in [2.05, 4.69) is 10.2 Å². The van der Waals surface area contributed by atoms with Crippen molar-refractivity contribution < 1.29 is 9.53 Å². The molecule has 8 heteroatoms. The number of amides is 1. The Labute approximate surface area is 199 Å². The summed E-state index contributed by atoms with van der Waals surface area (Å²) in [5, 5.41) is 3.83. The van der Waals surface area contributed by atoms with Crippen molar-refractivity contribution in [3.05, 3.63) is 57.8 Å². The van der Waals surface area contributed by atoms with Crippen LogP contribution < -0.4 is 15.6 Å². The van der Waals surface area contributed by atoms with Gasteiger partial charge in [-0.15, -0.1) is 0 Å². The maximum atomic E-state index is 13.5. The highest BCUT2D eigenvalue weighted by atomic mass is 35.5. The van der Waals surface area contributed by atoms with E-state index in [1.165, 1.54) is 4.57 Å². The molecule has 0 aliphatic carbocycles. The van der Waals surface area contributed by atoms with Crippen LogP contribution in [0, 0.1) is 0 Å². The van der Waals surface area contributed by atoms with Crippen molar-refractivity contribution in [3.8, 4) is 17.1 Å². The summed E-state index contributed by atoms with van der Waals surface area (Å²) in [6.07, 6.45) is 0.869. The molecule has 3 rings (SSSR count). The Hall–Kier alpha value is -2.90. The average molecular weight is 471 g/mol. The van der Waals surface area contributed by atoms with Gasteiger partial charge in [0.15, 0.2) is 0 Å². The molecule has 0 aliphatic rings. The normalized spacial score (nSPS) is 11.7. The smallest absolute Gasteiger partial charge is 0.262 e. The molecule has 1 aromatic heterocycles. The predicted molar refractivity (Wildman–Crippen MR) is 133 cm³/mol. The number of benzene rings is 2. The van der Waals surface area contributed by atoms with Gasteiger partial charge in [-0.05, 0) is 71.6 Å². The van der Waals surface area contributed by atoms with Gasteiger partial charge in [-0.25, -0.2) is 4.98 Å². The molecule has 0 radical (unpaired) electrons. The summed E-state index contributed by atoms with van der Waals surface area (Å²) in [4.78, 5) is 33.0. The zero-order chi connectivity index (χ0) is 24.2. The van der Waals surface area contributed by atoms with E-state index in [-0.39, 0.29) is 18.0 Å². The number of carbonyl (C=O) groups excluding carboxylic acids is 1. The monoisotopic (exact) mass is 470 g/mol. The molecule has 0 aliphatic heterocycles. The van der Waals surface area contributed by atoms with Crippen molar-refractivity contribution in [2.75, 3.05) is 27.2 Å². The lowest BCUT2D eigenvalue weighted by Gasteiger charge is -2.21. The standard InChI is InChI=1S/C25H31ClN4O3/c1-25(2,3)28-22(31)16-30-23(17-8-6-9-18(26)14-17)27-21-11-10-19(15-20(21)24(30)32)33-13-7-12-29(4)5/h6,8-11,14-15H,7,12-13,16H2,1-5H3,(H,28,31). The van der Waals surface area contributed by atoms with Gasteiger partial charge in [-0.3, -0.25) is 14.2 Å².